The molecule has 0 aromatic heterocycles. The van der Waals surface area contributed by atoms with Crippen molar-refractivity contribution in [3.8, 4) is 5.75 Å². The fourth-order valence-electron chi connectivity index (χ4n) is 1.33. The van der Waals surface area contributed by atoms with Crippen LogP contribution in [-0.2, 0) is 6.61 Å². The minimum atomic E-state index is -0.429. The van der Waals surface area contributed by atoms with Crippen molar-refractivity contribution < 1.29 is 13.5 Å². The van der Waals surface area contributed by atoms with Gasteiger partial charge in [-0.1, -0.05) is 28.1 Å². The van der Waals surface area contributed by atoms with Crippen LogP contribution in [0.4, 0.5) is 8.78 Å². The van der Waals surface area contributed by atoms with Crippen LogP contribution in [0.1, 0.15) is 5.56 Å². The van der Waals surface area contributed by atoms with Gasteiger partial charge in [0.05, 0.1) is 0 Å². The maximum Gasteiger partial charge on any atom is 0.166 e. The van der Waals surface area contributed by atoms with E-state index in [4.69, 9.17) is 4.74 Å². The fourth-order valence-corrected chi connectivity index (χ4v) is 1.67. The lowest BCUT2D eigenvalue weighted by atomic mass is 10.2. The molecule has 0 saturated carbocycles. The largest absolute Gasteiger partial charge is 0.486 e. The van der Waals surface area contributed by atoms with Gasteiger partial charge in [-0.15, -0.1) is 0 Å². The number of hydrogen-bond donors (Lipinski definition) is 0. The zero-order valence-electron chi connectivity index (χ0n) is 8.79. The third-order valence-electron chi connectivity index (χ3n) is 2.20. The van der Waals surface area contributed by atoms with Gasteiger partial charge in [-0.05, 0) is 35.9 Å². The molecule has 0 aliphatic rings. The summed E-state index contributed by atoms with van der Waals surface area (Å²) in [5.74, 6) is -0.553. The van der Waals surface area contributed by atoms with Crippen molar-refractivity contribution in [1.29, 1.82) is 0 Å². The molecule has 0 spiro atoms. The molecule has 0 N–H and O–H groups in total. The maximum atomic E-state index is 13.4. The molecule has 2 aromatic carbocycles. The molecule has 0 radical (unpaired) electrons. The molecule has 88 valence electrons. The van der Waals surface area contributed by atoms with Crippen LogP contribution in [0.25, 0.3) is 0 Å². The summed E-state index contributed by atoms with van der Waals surface area (Å²) < 4.78 is 32.0. The SMILES string of the molecule is Fc1ccc(COc2ccc(Br)cc2F)cc1. The average Bonchev–Trinajstić information content (AvgIpc) is 2.30. The summed E-state index contributed by atoms with van der Waals surface area (Å²) >= 11 is 3.16. The highest BCUT2D eigenvalue weighted by atomic mass is 79.9. The van der Waals surface area contributed by atoms with Gasteiger partial charge in [0.1, 0.15) is 12.4 Å². The van der Waals surface area contributed by atoms with Gasteiger partial charge in [-0.25, -0.2) is 8.78 Å². The van der Waals surface area contributed by atoms with Crippen molar-refractivity contribution in [3.05, 3.63) is 64.1 Å². The number of ether oxygens (including phenoxy) is 1. The van der Waals surface area contributed by atoms with Crippen LogP contribution in [0, 0.1) is 11.6 Å². The van der Waals surface area contributed by atoms with E-state index in [0.717, 1.165) is 5.56 Å². The monoisotopic (exact) mass is 298 g/mol. The van der Waals surface area contributed by atoms with Crippen LogP contribution in [0.3, 0.4) is 0 Å². The maximum absolute atomic E-state index is 13.4. The zero-order chi connectivity index (χ0) is 12.3. The Balaban J connectivity index is 2.04. The molecule has 0 saturated heterocycles. The van der Waals surface area contributed by atoms with Crippen LogP contribution < -0.4 is 4.74 Å². The molecule has 2 rings (SSSR count). The molecule has 0 fully saturated rings. The zero-order valence-corrected chi connectivity index (χ0v) is 10.4. The quantitative estimate of drug-likeness (QED) is 0.820. The van der Waals surface area contributed by atoms with Gasteiger partial charge >= 0.3 is 0 Å². The Morgan fingerprint density at radius 3 is 2.35 bits per heavy atom. The van der Waals surface area contributed by atoms with E-state index in [1.807, 2.05) is 0 Å². The lowest BCUT2D eigenvalue weighted by molar-refractivity contribution is 0.290. The van der Waals surface area contributed by atoms with Gasteiger partial charge in [0.15, 0.2) is 11.6 Å². The summed E-state index contributed by atoms with van der Waals surface area (Å²) in [4.78, 5) is 0. The number of rotatable bonds is 3. The molecule has 0 bridgehead atoms. The van der Waals surface area contributed by atoms with Crippen molar-refractivity contribution in [3.63, 3.8) is 0 Å². The smallest absolute Gasteiger partial charge is 0.166 e. The molecule has 0 aliphatic carbocycles. The third-order valence-corrected chi connectivity index (χ3v) is 2.69. The Kier molecular flexibility index (Phi) is 3.74. The van der Waals surface area contributed by atoms with E-state index < -0.39 is 5.82 Å². The molecule has 4 heteroatoms. The Bertz CT molecular complexity index is 511. The first-order valence-electron chi connectivity index (χ1n) is 4.97. The van der Waals surface area contributed by atoms with Crippen LogP contribution in [-0.4, -0.2) is 0 Å². The van der Waals surface area contributed by atoms with Gasteiger partial charge in [-0.2, -0.15) is 0 Å². The van der Waals surface area contributed by atoms with E-state index in [0.29, 0.717) is 4.47 Å². The summed E-state index contributed by atoms with van der Waals surface area (Å²) in [6.45, 7) is 0.207. The van der Waals surface area contributed by atoms with Gasteiger partial charge in [0, 0.05) is 4.47 Å². The van der Waals surface area contributed by atoms with Gasteiger partial charge in [-0.3, -0.25) is 0 Å². The first-order chi connectivity index (χ1) is 8.15. The van der Waals surface area contributed by atoms with Gasteiger partial charge < -0.3 is 4.74 Å². The van der Waals surface area contributed by atoms with Crippen LogP contribution in [0.2, 0.25) is 0 Å². The molecular weight excluding hydrogens is 290 g/mol. The Morgan fingerprint density at radius 2 is 1.71 bits per heavy atom. The number of hydrogen-bond acceptors (Lipinski definition) is 1. The molecule has 1 nitrogen and oxygen atoms in total. The molecule has 0 amide bonds. The molecule has 2 aromatic rings. The van der Waals surface area contributed by atoms with Crippen molar-refractivity contribution in [1.82, 2.24) is 0 Å². The van der Waals surface area contributed by atoms with E-state index in [-0.39, 0.29) is 18.2 Å². The summed E-state index contributed by atoms with van der Waals surface area (Å²) in [6, 6.07) is 10.5. The highest BCUT2D eigenvalue weighted by Gasteiger charge is 2.04. The normalized spacial score (nSPS) is 10.3. The second kappa shape index (κ2) is 5.27. The minimum absolute atomic E-state index is 0.178. The molecular formula is C13H9BrF2O. The Labute approximate surface area is 106 Å². The van der Waals surface area contributed by atoms with Crippen molar-refractivity contribution in [2.24, 2.45) is 0 Å². The first-order valence-corrected chi connectivity index (χ1v) is 5.77. The van der Waals surface area contributed by atoms with Gasteiger partial charge in [0.25, 0.3) is 0 Å². The molecule has 0 unspecified atom stereocenters. The molecule has 0 heterocycles. The van der Waals surface area contributed by atoms with E-state index in [1.165, 1.54) is 18.2 Å². The second-order valence-corrected chi connectivity index (χ2v) is 4.41. The van der Waals surface area contributed by atoms with E-state index in [2.05, 4.69) is 15.9 Å². The number of benzene rings is 2. The standard InChI is InChI=1S/C13H9BrF2O/c14-10-3-6-13(12(16)7-10)17-8-9-1-4-11(15)5-2-9/h1-7H,8H2. The number of halogens is 3. The Morgan fingerprint density at radius 1 is 1.00 bits per heavy atom. The third kappa shape index (κ3) is 3.27. The van der Waals surface area contributed by atoms with Crippen molar-refractivity contribution in [2.45, 2.75) is 6.61 Å². The molecule has 0 atom stereocenters. The van der Waals surface area contributed by atoms with E-state index >= 15 is 0 Å². The molecule has 17 heavy (non-hydrogen) atoms. The first kappa shape index (κ1) is 12.0. The second-order valence-electron chi connectivity index (χ2n) is 3.49. The highest BCUT2D eigenvalue weighted by Crippen LogP contribution is 2.22. The summed E-state index contributed by atoms with van der Waals surface area (Å²) in [5, 5.41) is 0. The van der Waals surface area contributed by atoms with E-state index in [1.54, 1.807) is 24.3 Å². The fraction of sp³-hybridized carbons (Fsp3) is 0.0769. The summed E-state index contributed by atoms with van der Waals surface area (Å²) in [6.07, 6.45) is 0. The predicted molar refractivity (Wildman–Crippen MR) is 64.8 cm³/mol. The Hall–Kier alpha value is -1.42. The van der Waals surface area contributed by atoms with Crippen molar-refractivity contribution >= 4 is 15.9 Å². The topological polar surface area (TPSA) is 9.23 Å². The van der Waals surface area contributed by atoms with Crippen LogP contribution in [0.5, 0.6) is 5.75 Å². The summed E-state index contributed by atoms with van der Waals surface area (Å²) in [7, 11) is 0. The van der Waals surface area contributed by atoms with E-state index in [9.17, 15) is 8.78 Å². The summed E-state index contributed by atoms with van der Waals surface area (Å²) in [5.41, 5.74) is 0.786. The van der Waals surface area contributed by atoms with Crippen LogP contribution >= 0.6 is 15.9 Å². The lowest BCUT2D eigenvalue weighted by Gasteiger charge is -2.07. The van der Waals surface area contributed by atoms with Gasteiger partial charge in [0.2, 0.25) is 0 Å². The minimum Gasteiger partial charge on any atom is -0.486 e. The average molecular weight is 299 g/mol. The van der Waals surface area contributed by atoms with Crippen molar-refractivity contribution in [2.75, 3.05) is 0 Å². The van der Waals surface area contributed by atoms with Crippen LogP contribution in [0.15, 0.2) is 46.9 Å². The molecule has 0 aliphatic heterocycles. The highest BCUT2D eigenvalue weighted by molar-refractivity contribution is 9.10. The lowest BCUT2D eigenvalue weighted by Crippen LogP contribution is -1.97. The predicted octanol–water partition coefficient (Wildman–Crippen LogP) is 4.31.